The van der Waals surface area contributed by atoms with Crippen molar-refractivity contribution in [3.8, 4) is 11.3 Å². The zero-order valence-electron chi connectivity index (χ0n) is 17.9. The molecule has 3 heterocycles. The number of carbonyl (C=O) groups is 1. The Bertz CT molecular complexity index is 1080. The number of rotatable bonds is 4. The van der Waals surface area contributed by atoms with Crippen molar-refractivity contribution in [1.82, 2.24) is 19.9 Å². The number of amides is 1. The van der Waals surface area contributed by atoms with Crippen LogP contribution in [0, 0.1) is 12.8 Å². The van der Waals surface area contributed by atoms with Crippen molar-refractivity contribution in [3.63, 3.8) is 0 Å². The van der Waals surface area contributed by atoms with Gasteiger partial charge in [-0.1, -0.05) is 36.6 Å². The average molecular weight is 438 g/mol. The van der Waals surface area contributed by atoms with Gasteiger partial charge in [0, 0.05) is 53.5 Å². The molecular formula is C24H28ClN5O. The van der Waals surface area contributed by atoms with E-state index < -0.39 is 0 Å². The van der Waals surface area contributed by atoms with E-state index in [4.69, 9.17) is 16.7 Å². The Morgan fingerprint density at radius 2 is 1.77 bits per heavy atom. The lowest BCUT2D eigenvalue weighted by molar-refractivity contribution is -0.126. The Kier molecular flexibility index (Phi) is 5.57. The predicted molar refractivity (Wildman–Crippen MR) is 124 cm³/mol. The molecule has 2 aliphatic rings. The zero-order chi connectivity index (χ0) is 21.4. The van der Waals surface area contributed by atoms with Crippen LogP contribution < -0.4 is 10.2 Å². The summed E-state index contributed by atoms with van der Waals surface area (Å²) in [5.74, 6) is 1.39. The van der Waals surface area contributed by atoms with Crippen LogP contribution in [0.4, 0.5) is 5.82 Å². The molecule has 3 aromatic rings. The summed E-state index contributed by atoms with van der Waals surface area (Å²) in [7, 11) is 0. The molecule has 0 atom stereocenters. The Hall–Kier alpha value is -2.60. The fraction of sp³-hybridized carbons (Fsp3) is 0.458. The standard InChI is InChI=1S/C24H28ClN5O/c1-16-14-23(29-12-10-18(11-13-29)24(31)27-20-4-2-3-5-20)30-22(26-16)15-21(28-30)17-6-8-19(25)9-7-17/h6-9,14-15,18,20H,2-5,10-13H2,1H3,(H,27,31). The molecule has 1 aliphatic carbocycles. The smallest absolute Gasteiger partial charge is 0.223 e. The number of nitrogens with one attached hydrogen (secondary N) is 1. The molecule has 0 radical (unpaired) electrons. The quantitative estimate of drug-likeness (QED) is 0.646. The van der Waals surface area contributed by atoms with Gasteiger partial charge >= 0.3 is 0 Å². The Morgan fingerprint density at radius 3 is 2.48 bits per heavy atom. The maximum absolute atomic E-state index is 12.7. The van der Waals surface area contributed by atoms with E-state index in [1.54, 1.807) is 0 Å². The van der Waals surface area contributed by atoms with Gasteiger partial charge in [-0.15, -0.1) is 0 Å². The van der Waals surface area contributed by atoms with Gasteiger partial charge in [0.05, 0.1) is 5.69 Å². The molecule has 0 spiro atoms. The summed E-state index contributed by atoms with van der Waals surface area (Å²) < 4.78 is 1.93. The van der Waals surface area contributed by atoms with E-state index in [9.17, 15) is 4.79 Å². The summed E-state index contributed by atoms with van der Waals surface area (Å²) in [5.41, 5.74) is 3.69. The topological polar surface area (TPSA) is 62.5 Å². The molecule has 6 nitrogen and oxygen atoms in total. The van der Waals surface area contributed by atoms with Crippen LogP contribution in [0.5, 0.6) is 0 Å². The highest BCUT2D eigenvalue weighted by Gasteiger charge is 2.28. The molecule has 0 unspecified atom stereocenters. The third-order valence-electron chi connectivity index (χ3n) is 6.57. The number of halogens is 1. The van der Waals surface area contributed by atoms with Gasteiger partial charge < -0.3 is 10.2 Å². The predicted octanol–water partition coefficient (Wildman–Crippen LogP) is 4.63. The van der Waals surface area contributed by atoms with Crippen molar-refractivity contribution in [2.75, 3.05) is 18.0 Å². The first kappa shape index (κ1) is 20.3. The van der Waals surface area contributed by atoms with E-state index in [-0.39, 0.29) is 11.8 Å². The summed E-state index contributed by atoms with van der Waals surface area (Å²) in [4.78, 5) is 19.7. The number of carbonyl (C=O) groups excluding carboxylic acids is 1. The Labute approximate surface area is 187 Å². The van der Waals surface area contributed by atoms with Crippen LogP contribution in [0.25, 0.3) is 16.9 Å². The number of fused-ring (bicyclic) bond motifs is 1. The Balaban J connectivity index is 1.34. The van der Waals surface area contributed by atoms with E-state index in [0.717, 1.165) is 67.2 Å². The molecule has 1 aromatic carbocycles. The van der Waals surface area contributed by atoms with Crippen molar-refractivity contribution in [2.24, 2.45) is 5.92 Å². The van der Waals surface area contributed by atoms with E-state index >= 15 is 0 Å². The van der Waals surface area contributed by atoms with Crippen molar-refractivity contribution in [1.29, 1.82) is 0 Å². The molecule has 1 saturated heterocycles. The Morgan fingerprint density at radius 1 is 1.06 bits per heavy atom. The van der Waals surface area contributed by atoms with Gasteiger partial charge in [-0.2, -0.15) is 9.61 Å². The lowest BCUT2D eigenvalue weighted by Gasteiger charge is -2.33. The largest absolute Gasteiger partial charge is 0.356 e. The van der Waals surface area contributed by atoms with Crippen molar-refractivity contribution >= 4 is 29.0 Å². The van der Waals surface area contributed by atoms with Gasteiger partial charge in [-0.05, 0) is 44.7 Å². The second kappa shape index (κ2) is 8.50. The van der Waals surface area contributed by atoms with Crippen LogP contribution in [0.2, 0.25) is 5.02 Å². The third-order valence-corrected chi connectivity index (χ3v) is 6.82. The normalized spacial score (nSPS) is 18.1. The van der Waals surface area contributed by atoms with Crippen LogP contribution in [0.15, 0.2) is 36.4 Å². The monoisotopic (exact) mass is 437 g/mol. The summed E-state index contributed by atoms with van der Waals surface area (Å²) >= 11 is 6.03. The molecular weight excluding hydrogens is 410 g/mol. The fourth-order valence-electron chi connectivity index (χ4n) is 4.83. The number of hydrogen-bond donors (Lipinski definition) is 1. The summed E-state index contributed by atoms with van der Waals surface area (Å²) in [6, 6.07) is 12.2. The minimum atomic E-state index is 0.109. The summed E-state index contributed by atoms with van der Waals surface area (Å²) in [5, 5.41) is 8.82. The van der Waals surface area contributed by atoms with E-state index in [0.29, 0.717) is 11.1 Å². The molecule has 1 saturated carbocycles. The van der Waals surface area contributed by atoms with Crippen LogP contribution >= 0.6 is 11.6 Å². The molecule has 1 aliphatic heterocycles. The number of aryl methyl sites for hydroxylation is 1. The first-order valence-corrected chi connectivity index (χ1v) is 11.6. The number of aromatic nitrogens is 3. The van der Waals surface area contributed by atoms with Crippen LogP contribution in [-0.4, -0.2) is 39.6 Å². The minimum absolute atomic E-state index is 0.109. The van der Waals surface area contributed by atoms with Gasteiger partial charge in [0.15, 0.2) is 5.65 Å². The van der Waals surface area contributed by atoms with Gasteiger partial charge in [-0.3, -0.25) is 4.79 Å². The van der Waals surface area contributed by atoms with Gasteiger partial charge in [0.1, 0.15) is 5.82 Å². The molecule has 7 heteroatoms. The van der Waals surface area contributed by atoms with Gasteiger partial charge in [0.2, 0.25) is 5.91 Å². The molecule has 5 rings (SSSR count). The SMILES string of the molecule is Cc1cc(N2CCC(C(=O)NC3CCCC3)CC2)n2nc(-c3ccc(Cl)cc3)cc2n1. The van der Waals surface area contributed by atoms with Crippen LogP contribution in [0.1, 0.15) is 44.2 Å². The number of nitrogens with zero attached hydrogens (tertiary/aromatic N) is 4. The molecule has 2 aromatic heterocycles. The highest BCUT2D eigenvalue weighted by molar-refractivity contribution is 6.30. The molecule has 0 bridgehead atoms. The lowest BCUT2D eigenvalue weighted by atomic mass is 9.95. The number of benzene rings is 1. The molecule has 162 valence electrons. The highest BCUT2D eigenvalue weighted by Crippen LogP contribution is 2.28. The number of hydrogen-bond acceptors (Lipinski definition) is 4. The number of piperidine rings is 1. The van der Waals surface area contributed by atoms with Crippen molar-refractivity contribution < 1.29 is 4.79 Å². The number of anilines is 1. The summed E-state index contributed by atoms with van der Waals surface area (Å²) in [6.45, 7) is 3.70. The van der Waals surface area contributed by atoms with Crippen molar-refractivity contribution in [2.45, 2.75) is 51.5 Å². The third kappa shape index (κ3) is 4.26. The summed E-state index contributed by atoms with van der Waals surface area (Å²) in [6.07, 6.45) is 6.48. The van der Waals surface area contributed by atoms with Crippen molar-refractivity contribution in [3.05, 3.63) is 47.1 Å². The van der Waals surface area contributed by atoms with E-state index in [2.05, 4.69) is 21.3 Å². The lowest BCUT2D eigenvalue weighted by Crippen LogP contribution is -2.43. The molecule has 31 heavy (non-hydrogen) atoms. The van der Waals surface area contributed by atoms with Gasteiger partial charge in [0.25, 0.3) is 0 Å². The minimum Gasteiger partial charge on any atom is -0.356 e. The first-order chi connectivity index (χ1) is 15.1. The first-order valence-electron chi connectivity index (χ1n) is 11.3. The maximum atomic E-state index is 12.7. The fourth-order valence-corrected chi connectivity index (χ4v) is 4.95. The van der Waals surface area contributed by atoms with E-state index in [1.165, 1.54) is 12.8 Å². The van der Waals surface area contributed by atoms with Gasteiger partial charge in [-0.25, -0.2) is 4.98 Å². The average Bonchev–Trinajstić information content (AvgIpc) is 3.43. The molecule has 2 fully saturated rings. The highest BCUT2D eigenvalue weighted by atomic mass is 35.5. The van der Waals surface area contributed by atoms with Crippen LogP contribution in [0.3, 0.4) is 0 Å². The van der Waals surface area contributed by atoms with Crippen LogP contribution in [-0.2, 0) is 4.79 Å². The molecule has 1 amide bonds. The second-order valence-electron chi connectivity index (χ2n) is 8.81. The second-order valence-corrected chi connectivity index (χ2v) is 9.25. The zero-order valence-corrected chi connectivity index (χ0v) is 18.6. The maximum Gasteiger partial charge on any atom is 0.223 e. The molecule has 1 N–H and O–H groups in total. The van der Waals surface area contributed by atoms with E-state index in [1.807, 2.05) is 41.8 Å².